The summed E-state index contributed by atoms with van der Waals surface area (Å²) in [6, 6.07) is 46.9. The number of nitrogens with one attached hydrogen (secondary N) is 1. The van der Waals surface area contributed by atoms with Gasteiger partial charge < -0.3 is 9.88 Å². The number of aryl methyl sites for hydroxylation is 2. The number of para-hydroxylation sites is 1. The van der Waals surface area contributed by atoms with E-state index in [1.807, 2.05) is 11.3 Å². The van der Waals surface area contributed by atoms with Crippen LogP contribution in [0, 0.1) is 13.8 Å². The van der Waals surface area contributed by atoms with E-state index in [0.717, 1.165) is 11.4 Å². The van der Waals surface area contributed by atoms with E-state index < -0.39 is 0 Å². The molecule has 0 saturated heterocycles. The summed E-state index contributed by atoms with van der Waals surface area (Å²) in [7, 11) is 2.44. The second-order valence-electron chi connectivity index (χ2n) is 12.6. The van der Waals surface area contributed by atoms with Crippen LogP contribution < -0.4 is 16.2 Å². The fourth-order valence-electron chi connectivity index (χ4n) is 7.67. The molecule has 1 aliphatic heterocycles. The monoisotopic (exact) mass is 603 g/mol. The molecule has 0 aliphatic carbocycles. The van der Waals surface area contributed by atoms with Crippen LogP contribution >= 0.6 is 11.3 Å². The van der Waals surface area contributed by atoms with Crippen molar-refractivity contribution in [2.45, 2.75) is 13.8 Å². The molecule has 0 spiro atoms. The molecule has 46 heavy (non-hydrogen) atoms. The number of hydrogen-bond donors (Lipinski definition) is 1. The first-order valence-electron chi connectivity index (χ1n) is 15.9. The average molecular weight is 604 g/mol. The Bertz CT molecular complexity index is 2710. The van der Waals surface area contributed by atoms with Gasteiger partial charge in [-0.25, -0.2) is 0 Å². The molecule has 1 aliphatic rings. The maximum Gasteiger partial charge on any atom is 0.197 e. The lowest BCUT2D eigenvalue weighted by Gasteiger charge is -2.24. The van der Waals surface area contributed by atoms with Crippen LogP contribution in [0.5, 0.6) is 0 Å². The zero-order valence-corrected chi connectivity index (χ0v) is 26.4. The molecule has 2 nitrogen and oxygen atoms in total. The Balaban J connectivity index is 1.32. The first-order chi connectivity index (χ1) is 22.6. The average Bonchev–Trinajstić information content (AvgIpc) is 3.63. The SMILES string of the molecule is Cc1ccc(Nc2ccccc2-c2cc(C)c3c4c5ccccc5ccc4n4c3c2[B]c2cc3sc5ccccc5c3cc2-4)cc1. The molecule has 0 atom stereocenters. The van der Waals surface area contributed by atoms with Gasteiger partial charge >= 0.3 is 0 Å². The predicted octanol–water partition coefficient (Wildman–Crippen LogP) is 10.3. The Hall–Kier alpha value is -5.32. The van der Waals surface area contributed by atoms with E-state index in [4.69, 9.17) is 0 Å². The number of thiophene rings is 1. The van der Waals surface area contributed by atoms with Crippen LogP contribution in [-0.4, -0.2) is 11.8 Å². The summed E-state index contributed by atoms with van der Waals surface area (Å²) in [4.78, 5) is 0. The zero-order chi connectivity index (χ0) is 30.5. The van der Waals surface area contributed by atoms with Crippen LogP contribution in [-0.2, 0) is 0 Å². The Kier molecular flexibility index (Phi) is 5.41. The Labute approximate surface area is 271 Å². The lowest BCUT2D eigenvalue weighted by atomic mass is 9.58. The van der Waals surface area contributed by atoms with E-state index in [1.165, 1.54) is 91.6 Å². The predicted molar refractivity (Wildman–Crippen MR) is 201 cm³/mol. The quantitative estimate of drug-likeness (QED) is 0.199. The summed E-state index contributed by atoms with van der Waals surface area (Å²) in [6.07, 6.45) is 0. The van der Waals surface area contributed by atoms with Crippen molar-refractivity contribution in [3.8, 4) is 16.8 Å². The number of benzene rings is 7. The van der Waals surface area contributed by atoms with Gasteiger partial charge in [-0.15, -0.1) is 11.3 Å². The van der Waals surface area contributed by atoms with E-state index in [2.05, 4.69) is 158 Å². The molecule has 4 heteroatoms. The van der Waals surface area contributed by atoms with Crippen LogP contribution in [0.4, 0.5) is 11.4 Å². The van der Waals surface area contributed by atoms with Crippen LogP contribution in [0.15, 0.2) is 127 Å². The van der Waals surface area contributed by atoms with E-state index in [0.29, 0.717) is 0 Å². The van der Waals surface area contributed by atoms with Crippen molar-refractivity contribution in [1.29, 1.82) is 0 Å². The fourth-order valence-corrected chi connectivity index (χ4v) is 8.81. The molecule has 0 fully saturated rings. The molecule has 1 N–H and O–H groups in total. The summed E-state index contributed by atoms with van der Waals surface area (Å²) in [5, 5.41) is 11.6. The molecular weight excluding hydrogens is 575 g/mol. The zero-order valence-electron chi connectivity index (χ0n) is 25.6. The number of hydrogen-bond acceptors (Lipinski definition) is 2. The fraction of sp³-hybridized carbons (Fsp3) is 0.0476. The number of aromatic nitrogens is 1. The molecule has 0 saturated carbocycles. The van der Waals surface area contributed by atoms with Crippen molar-refractivity contribution in [3.05, 3.63) is 139 Å². The molecule has 1 radical (unpaired) electrons. The molecule has 3 heterocycles. The number of nitrogens with zero attached hydrogens (tertiary/aromatic N) is 1. The third kappa shape index (κ3) is 3.65. The largest absolute Gasteiger partial charge is 0.355 e. The molecule has 0 amide bonds. The van der Waals surface area contributed by atoms with Crippen molar-refractivity contribution in [2.75, 3.05) is 5.32 Å². The van der Waals surface area contributed by atoms with Gasteiger partial charge in [0.05, 0.1) is 5.52 Å². The first kappa shape index (κ1) is 26.0. The van der Waals surface area contributed by atoms with Crippen molar-refractivity contribution < 1.29 is 0 Å². The standard InChI is InChI=1S/C42H28BN2S/c1-24-15-18-27(19-16-24)44-34-13-7-5-11-29(34)32-21-25(2)39-40-28-10-4-3-9-26(28)17-20-35(40)45-36-22-31-30-12-6-8-14-37(30)46-38(31)23-33(36)43-41(32)42(39)45/h3-23,44H,1-2H3. The van der Waals surface area contributed by atoms with E-state index in [1.54, 1.807) is 0 Å². The third-order valence-corrected chi connectivity index (χ3v) is 10.9. The highest BCUT2D eigenvalue weighted by Crippen LogP contribution is 2.43. The molecule has 0 bridgehead atoms. The normalized spacial score (nSPS) is 12.3. The van der Waals surface area contributed by atoms with Gasteiger partial charge in [-0.05, 0) is 83.7 Å². The van der Waals surface area contributed by atoms with Gasteiger partial charge in [0.1, 0.15) is 0 Å². The van der Waals surface area contributed by atoms with Crippen molar-refractivity contribution in [1.82, 2.24) is 4.57 Å². The van der Waals surface area contributed by atoms with E-state index in [-0.39, 0.29) is 0 Å². The van der Waals surface area contributed by atoms with Crippen LogP contribution in [0.1, 0.15) is 11.1 Å². The molecule has 2 aromatic heterocycles. The molecule has 0 unspecified atom stereocenters. The second kappa shape index (κ2) is 9.59. The Morgan fingerprint density at radius 2 is 1.41 bits per heavy atom. The Morgan fingerprint density at radius 3 is 2.30 bits per heavy atom. The van der Waals surface area contributed by atoms with E-state index >= 15 is 0 Å². The minimum absolute atomic E-state index is 1.09. The summed E-state index contributed by atoms with van der Waals surface area (Å²) in [5.41, 5.74) is 13.5. The van der Waals surface area contributed by atoms with Gasteiger partial charge in [-0.1, -0.05) is 96.0 Å². The van der Waals surface area contributed by atoms with Gasteiger partial charge in [-0.3, -0.25) is 0 Å². The topological polar surface area (TPSA) is 17.0 Å². The van der Waals surface area contributed by atoms with Crippen LogP contribution in [0.25, 0.3) is 69.6 Å². The first-order valence-corrected chi connectivity index (χ1v) is 16.7. The number of rotatable bonds is 3. The lowest BCUT2D eigenvalue weighted by molar-refractivity contribution is 1.20. The van der Waals surface area contributed by atoms with Gasteiger partial charge in [0, 0.05) is 59.1 Å². The van der Waals surface area contributed by atoms with Crippen molar-refractivity contribution in [3.63, 3.8) is 0 Å². The third-order valence-electron chi connectivity index (χ3n) is 9.77. The summed E-state index contributed by atoms with van der Waals surface area (Å²) in [5.74, 6) is 0. The molecule has 10 rings (SSSR count). The minimum Gasteiger partial charge on any atom is -0.355 e. The van der Waals surface area contributed by atoms with Gasteiger partial charge in [0.15, 0.2) is 7.28 Å². The molecule has 9 aromatic rings. The van der Waals surface area contributed by atoms with Crippen molar-refractivity contribution in [2.24, 2.45) is 0 Å². The summed E-state index contributed by atoms with van der Waals surface area (Å²) < 4.78 is 5.21. The highest BCUT2D eigenvalue weighted by Gasteiger charge is 2.29. The summed E-state index contributed by atoms with van der Waals surface area (Å²) >= 11 is 1.88. The van der Waals surface area contributed by atoms with Crippen LogP contribution in [0.2, 0.25) is 0 Å². The highest BCUT2D eigenvalue weighted by molar-refractivity contribution is 7.25. The maximum atomic E-state index is 3.74. The van der Waals surface area contributed by atoms with E-state index in [9.17, 15) is 0 Å². The van der Waals surface area contributed by atoms with Crippen LogP contribution in [0.3, 0.4) is 0 Å². The maximum absolute atomic E-state index is 3.74. The van der Waals surface area contributed by atoms with Gasteiger partial charge in [-0.2, -0.15) is 0 Å². The van der Waals surface area contributed by atoms with Gasteiger partial charge in [0.25, 0.3) is 0 Å². The van der Waals surface area contributed by atoms with Gasteiger partial charge in [0.2, 0.25) is 0 Å². The molecule has 7 aromatic carbocycles. The number of fused-ring (bicyclic) bond motifs is 10. The Morgan fingerprint density at radius 1 is 0.630 bits per heavy atom. The lowest BCUT2D eigenvalue weighted by Crippen LogP contribution is -2.37. The highest BCUT2D eigenvalue weighted by atomic mass is 32.1. The number of anilines is 2. The summed E-state index contributed by atoms with van der Waals surface area (Å²) in [6.45, 7) is 4.41. The molecule has 215 valence electrons. The minimum atomic E-state index is 1.09. The molecular formula is C42H28BN2S. The van der Waals surface area contributed by atoms with Crippen molar-refractivity contribution >= 4 is 93.7 Å². The smallest absolute Gasteiger partial charge is 0.197 e. The second-order valence-corrected chi connectivity index (χ2v) is 13.7.